The van der Waals surface area contributed by atoms with Crippen molar-refractivity contribution in [1.29, 1.82) is 0 Å². The number of aromatic amines is 1. The van der Waals surface area contributed by atoms with Crippen LogP contribution in [0.4, 0.5) is 0 Å². The molecule has 1 heterocycles. The molecule has 2 aromatic rings. The standard InChI is InChI=1S/C14H18N2O2/c1-2-5-11(17)9-15-14(18)13-8-10-6-3-4-7-12(10)16-13/h3-4,6-8,11,16-17H,2,5,9H2,1H3,(H,15,18). The second-order valence-electron chi connectivity index (χ2n) is 4.42. The summed E-state index contributed by atoms with van der Waals surface area (Å²) in [6.07, 6.45) is 1.14. The molecule has 4 nitrogen and oxygen atoms in total. The van der Waals surface area contributed by atoms with Crippen molar-refractivity contribution in [3.05, 3.63) is 36.0 Å². The van der Waals surface area contributed by atoms with Crippen molar-refractivity contribution in [2.75, 3.05) is 6.54 Å². The zero-order valence-corrected chi connectivity index (χ0v) is 10.4. The van der Waals surface area contributed by atoms with Gasteiger partial charge >= 0.3 is 0 Å². The Morgan fingerprint density at radius 1 is 1.44 bits per heavy atom. The minimum atomic E-state index is -0.469. The maximum Gasteiger partial charge on any atom is 0.267 e. The quantitative estimate of drug-likeness (QED) is 0.756. The maximum absolute atomic E-state index is 11.9. The minimum Gasteiger partial charge on any atom is -0.391 e. The molecule has 0 aliphatic rings. The molecule has 1 unspecified atom stereocenters. The molecule has 2 rings (SSSR count). The molecule has 0 fully saturated rings. The Bertz CT molecular complexity index is 500. The van der Waals surface area contributed by atoms with E-state index in [2.05, 4.69) is 10.3 Å². The van der Waals surface area contributed by atoms with Crippen LogP contribution in [0.2, 0.25) is 0 Å². The molecule has 3 N–H and O–H groups in total. The molecule has 18 heavy (non-hydrogen) atoms. The summed E-state index contributed by atoms with van der Waals surface area (Å²) in [5.74, 6) is -0.179. The van der Waals surface area contributed by atoms with Crippen molar-refractivity contribution in [3.8, 4) is 0 Å². The number of rotatable bonds is 5. The van der Waals surface area contributed by atoms with E-state index in [1.807, 2.05) is 37.3 Å². The fraction of sp³-hybridized carbons (Fsp3) is 0.357. The fourth-order valence-corrected chi connectivity index (χ4v) is 1.94. The molecule has 0 saturated carbocycles. The SMILES string of the molecule is CCCC(O)CNC(=O)c1cc2ccccc2[nH]1. The lowest BCUT2D eigenvalue weighted by Gasteiger charge is -2.09. The summed E-state index contributed by atoms with van der Waals surface area (Å²) in [5, 5.41) is 13.3. The molecule has 0 spiro atoms. The molecule has 0 radical (unpaired) electrons. The third kappa shape index (κ3) is 2.90. The lowest BCUT2D eigenvalue weighted by Crippen LogP contribution is -2.32. The summed E-state index contributed by atoms with van der Waals surface area (Å²) in [5.41, 5.74) is 1.47. The van der Waals surface area contributed by atoms with E-state index in [9.17, 15) is 9.90 Å². The number of para-hydroxylation sites is 1. The van der Waals surface area contributed by atoms with Gasteiger partial charge in [0, 0.05) is 17.4 Å². The van der Waals surface area contributed by atoms with Gasteiger partial charge in [-0.15, -0.1) is 0 Å². The van der Waals surface area contributed by atoms with Crippen LogP contribution >= 0.6 is 0 Å². The summed E-state index contributed by atoms with van der Waals surface area (Å²) >= 11 is 0. The van der Waals surface area contributed by atoms with Crippen molar-refractivity contribution in [1.82, 2.24) is 10.3 Å². The molecule has 1 aromatic heterocycles. The van der Waals surface area contributed by atoms with Gasteiger partial charge in [-0.2, -0.15) is 0 Å². The van der Waals surface area contributed by atoms with Crippen LogP contribution in [0.3, 0.4) is 0 Å². The van der Waals surface area contributed by atoms with E-state index >= 15 is 0 Å². The van der Waals surface area contributed by atoms with Gasteiger partial charge in [0.05, 0.1) is 6.10 Å². The Hall–Kier alpha value is -1.81. The summed E-state index contributed by atoms with van der Waals surface area (Å²) in [7, 11) is 0. The van der Waals surface area contributed by atoms with Crippen LogP contribution in [0, 0.1) is 0 Å². The number of carbonyl (C=O) groups is 1. The highest BCUT2D eigenvalue weighted by molar-refractivity contribution is 5.97. The second-order valence-corrected chi connectivity index (χ2v) is 4.42. The number of aromatic nitrogens is 1. The molecular formula is C14H18N2O2. The molecule has 0 aliphatic heterocycles. The van der Waals surface area contributed by atoms with Gasteiger partial charge in [0.15, 0.2) is 0 Å². The number of H-pyrrole nitrogens is 1. The van der Waals surface area contributed by atoms with Crippen molar-refractivity contribution in [2.24, 2.45) is 0 Å². The Morgan fingerprint density at radius 3 is 2.94 bits per heavy atom. The number of hydrogen-bond donors (Lipinski definition) is 3. The highest BCUT2D eigenvalue weighted by Gasteiger charge is 2.10. The first-order valence-electron chi connectivity index (χ1n) is 6.24. The second kappa shape index (κ2) is 5.69. The number of fused-ring (bicyclic) bond motifs is 1. The van der Waals surface area contributed by atoms with E-state index in [1.165, 1.54) is 0 Å². The van der Waals surface area contributed by atoms with E-state index in [0.29, 0.717) is 18.7 Å². The van der Waals surface area contributed by atoms with Gasteiger partial charge in [-0.1, -0.05) is 31.5 Å². The Labute approximate surface area is 106 Å². The van der Waals surface area contributed by atoms with Crippen molar-refractivity contribution in [2.45, 2.75) is 25.9 Å². The summed E-state index contributed by atoms with van der Waals surface area (Å²) in [6.45, 7) is 2.30. The van der Waals surface area contributed by atoms with Crippen LogP contribution in [0.25, 0.3) is 10.9 Å². The molecule has 1 aromatic carbocycles. The van der Waals surface area contributed by atoms with E-state index in [1.54, 1.807) is 0 Å². The summed E-state index contributed by atoms with van der Waals surface area (Å²) < 4.78 is 0. The van der Waals surface area contributed by atoms with Crippen LogP contribution in [0.15, 0.2) is 30.3 Å². The van der Waals surface area contributed by atoms with E-state index in [-0.39, 0.29) is 5.91 Å². The van der Waals surface area contributed by atoms with Gasteiger partial charge in [-0.3, -0.25) is 4.79 Å². The van der Waals surface area contributed by atoms with E-state index in [0.717, 1.165) is 17.3 Å². The zero-order valence-electron chi connectivity index (χ0n) is 10.4. The number of aliphatic hydroxyl groups is 1. The van der Waals surface area contributed by atoms with Gasteiger partial charge < -0.3 is 15.4 Å². The largest absolute Gasteiger partial charge is 0.391 e. The van der Waals surface area contributed by atoms with Crippen LogP contribution in [0.1, 0.15) is 30.3 Å². The number of nitrogens with one attached hydrogen (secondary N) is 2. The molecule has 4 heteroatoms. The summed E-state index contributed by atoms with van der Waals surface area (Å²) in [4.78, 5) is 14.9. The van der Waals surface area contributed by atoms with Crippen LogP contribution in [-0.2, 0) is 0 Å². The molecule has 0 saturated heterocycles. The first-order valence-corrected chi connectivity index (χ1v) is 6.24. The topological polar surface area (TPSA) is 65.1 Å². The predicted octanol–water partition coefficient (Wildman–Crippen LogP) is 2.06. The average Bonchev–Trinajstić information content (AvgIpc) is 2.80. The number of hydrogen-bond acceptors (Lipinski definition) is 2. The highest BCUT2D eigenvalue weighted by atomic mass is 16.3. The van der Waals surface area contributed by atoms with E-state index < -0.39 is 6.10 Å². The number of carbonyl (C=O) groups excluding carboxylic acids is 1. The molecule has 0 bridgehead atoms. The first kappa shape index (κ1) is 12.6. The smallest absolute Gasteiger partial charge is 0.267 e. The van der Waals surface area contributed by atoms with Crippen LogP contribution in [-0.4, -0.2) is 28.6 Å². The Kier molecular flexibility index (Phi) is 3.99. The lowest BCUT2D eigenvalue weighted by atomic mass is 10.2. The van der Waals surface area contributed by atoms with Gasteiger partial charge in [0.1, 0.15) is 5.69 Å². The normalized spacial score (nSPS) is 12.6. The zero-order chi connectivity index (χ0) is 13.0. The maximum atomic E-state index is 11.9. The summed E-state index contributed by atoms with van der Waals surface area (Å²) in [6, 6.07) is 9.55. The predicted molar refractivity (Wildman–Crippen MR) is 71.5 cm³/mol. The minimum absolute atomic E-state index is 0.179. The van der Waals surface area contributed by atoms with E-state index in [4.69, 9.17) is 0 Å². The van der Waals surface area contributed by atoms with Crippen molar-refractivity contribution < 1.29 is 9.90 Å². The van der Waals surface area contributed by atoms with Crippen LogP contribution in [0.5, 0.6) is 0 Å². The molecule has 96 valence electrons. The average molecular weight is 246 g/mol. The lowest BCUT2D eigenvalue weighted by molar-refractivity contribution is 0.0906. The molecule has 1 atom stereocenters. The number of benzene rings is 1. The van der Waals surface area contributed by atoms with Gasteiger partial charge in [0.2, 0.25) is 0 Å². The number of amides is 1. The molecular weight excluding hydrogens is 228 g/mol. The molecule has 0 aliphatic carbocycles. The Balaban J connectivity index is 2.00. The Morgan fingerprint density at radius 2 is 2.22 bits per heavy atom. The van der Waals surface area contributed by atoms with Gasteiger partial charge in [0.25, 0.3) is 5.91 Å². The van der Waals surface area contributed by atoms with Crippen molar-refractivity contribution in [3.63, 3.8) is 0 Å². The fourth-order valence-electron chi connectivity index (χ4n) is 1.94. The molecule has 1 amide bonds. The van der Waals surface area contributed by atoms with Crippen LogP contribution < -0.4 is 5.32 Å². The monoisotopic (exact) mass is 246 g/mol. The van der Waals surface area contributed by atoms with Gasteiger partial charge in [-0.25, -0.2) is 0 Å². The highest BCUT2D eigenvalue weighted by Crippen LogP contribution is 2.14. The first-order chi connectivity index (χ1) is 8.70. The third-order valence-corrected chi connectivity index (χ3v) is 2.89. The third-order valence-electron chi connectivity index (χ3n) is 2.89. The van der Waals surface area contributed by atoms with Crippen molar-refractivity contribution >= 4 is 16.8 Å². The van der Waals surface area contributed by atoms with Gasteiger partial charge in [-0.05, 0) is 18.6 Å². The number of aliphatic hydroxyl groups excluding tert-OH is 1.